The summed E-state index contributed by atoms with van der Waals surface area (Å²) in [6.07, 6.45) is 1.31. The maximum absolute atomic E-state index is 11.5. The summed E-state index contributed by atoms with van der Waals surface area (Å²) in [4.78, 5) is 11.5. The lowest BCUT2D eigenvalue weighted by Gasteiger charge is -2.25. The van der Waals surface area contributed by atoms with E-state index in [0.717, 1.165) is 11.1 Å². The lowest BCUT2D eigenvalue weighted by molar-refractivity contribution is -0.140. The molecule has 1 heterocycles. The van der Waals surface area contributed by atoms with Crippen molar-refractivity contribution in [2.24, 2.45) is 0 Å². The number of benzene rings is 1. The largest absolute Gasteiger partial charge is 0.486 e. The molecule has 0 aromatic heterocycles. The van der Waals surface area contributed by atoms with Crippen LogP contribution in [0.3, 0.4) is 0 Å². The van der Waals surface area contributed by atoms with Crippen LogP contribution in [0.1, 0.15) is 24.0 Å². The third kappa shape index (κ3) is 1.85. The number of hydrogen-bond donors (Lipinski definition) is 1. The van der Waals surface area contributed by atoms with Gasteiger partial charge in [-0.05, 0) is 12.8 Å². The van der Waals surface area contributed by atoms with Gasteiger partial charge in [-0.15, -0.1) is 0 Å². The van der Waals surface area contributed by atoms with E-state index in [-0.39, 0.29) is 0 Å². The van der Waals surface area contributed by atoms with Gasteiger partial charge in [0.2, 0.25) is 0 Å². The van der Waals surface area contributed by atoms with E-state index in [1.54, 1.807) is 7.11 Å². The van der Waals surface area contributed by atoms with Crippen molar-refractivity contribution in [3.8, 4) is 11.5 Å². The van der Waals surface area contributed by atoms with E-state index in [1.165, 1.54) is 0 Å². The van der Waals surface area contributed by atoms with E-state index in [4.69, 9.17) is 14.2 Å². The maximum Gasteiger partial charge on any atom is 0.314 e. The highest BCUT2D eigenvalue weighted by atomic mass is 16.6. The lowest BCUT2D eigenvalue weighted by Crippen LogP contribution is -2.24. The van der Waals surface area contributed by atoms with Gasteiger partial charge in [0.1, 0.15) is 13.2 Å². The number of methoxy groups -OCH3 is 1. The average molecular weight is 264 g/mol. The third-order valence-corrected chi connectivity index (χ3v) is 3.74. The summed E-state index contributed by atoms with van der Waals surface area (Å²) in [6, 6.07) is 3.71. The maximum atomic E-state index is 11.5. The fourth-order valence-corrected chi connectivity index (χ4v) is 2.56. The minimum absolute atomic E-state index is 0.423. The van der Waals surface area contributed by atoms with Crippen LogP contribution in [0.15, 0.2) is 12.1 Å². The predicted molar refractivity (Wildman–Crippen MR) is 66.7 cm³/mol. The van der Waals surface area contributed by atoms with Gasteiger partial charge in [0.05, 0.1) is 12.0 Å². The molecule has 102 valence electrons. The van der Waals surface area contributed by atoms with Crippen LogP contribution in [-0.2, 0) is 21.6 Å². The molecule has 19 heavy (non-hydrogen) atoms. The molecule has 0 radical (unpaired) electrons. The summed E-state index contributed by atoms with van der Waals surface area (Å²) < 4.78 is 16.5. The SMILES string of the molecule is COCc1ccc(C2(C(=O)O)CC2)c2c1OCCO2. The van der Waals surface area contributed by atoms with E-state index in [2.05, 4.69) is 0 Å². The van der Waals surface area contributed by atoms with Crippen LogP contribution in [0.4, 0.5) is 0 Å². The second-order valence-corrected chi connectivity index (χ2v) is 4.95. The van der Waals surface area contributed by atoms with Gasteiger partial charge < -0.3 is 19.3 Å². The first kappa shape index (κ1) is 12.3. The van der Waals surface area contributed by atoms with Crippen molar-refractivity contribution in [2.75, 3.05) is 20.3 Å². The first-order chi connectivity index (χ1) is 9.19. The second kappa shape index (κ2) is 4.42. The molecule has 1 fully saturated rings. The second-order valence-electron chi connectivity index (χ2n) is 4.95. The van der Waals surface area contributed by atoms with Gasteiger partial charge in [-0.1, -0.05) is 12.1 Å². The van der Waals surface area contributed by atoms with E-state index in [0.29, 0.717) is 44.2 Å². The van der Waals surface area contributed by atoms with Crippen LogP contribution in [0.25, 0.3) is 0 Å². The van der Waals surface area contributed by atoms with Crippen molar-refractivity contribution in [3.05, 3.63) is 23.3 Å². The number of aliphatic carboxylic acids is 1. The van der Waals surface area contributed by atoms with Crippen LogP contribution < -0.4 is 9.47 Å². The summed E-state index contributed by atoms with van der Waals surface area (Å²) >= 11 is 0. The summed E-state index contributed by atoms with van der Waals surface area (Å²) in [5, 5.41) is 9.41. The number of ether oxygens (including phenoxy) is 3. The van der Waals surface area contributed by atoms with Crippen molar-refractivity contribution in [2.45, 2.75) is 24.9 Å². The number of carboxylic acid groups (broad SMARTS) is 1. The summed E-state index contributed by atoms with van der Waals surface area (Å²) in [6.45, 7) is 1.35. The Kier molecular flexibility index (Phi) is 2.86. The number of hydrogen-bond acceptors (Lipinski definition) is 4. The van der Waals surface area contributed by atoms with Gasteiger partial charge in [0.15, 0.2) is 11.5 Å². The number of fused-ring (bicyclic) bond motifs is 1. The highest BCUT2D eigenvalue weighted by Gasteiger charge is 2.54. The fraction of sp³-hybridized carbons (Fsp3) is 0.500. The molecule has 1 N–H and O–H groups in total. The molecule has 0 unspecified atom stereocenters. The third-order valence-electron chi connectivity index (χ3n) is 3.74. The molecule has 3 rings (SSSR count). The van der Waals surface area contributed by atoms with Gasteiger partial charge >= 0.3 is 5.97 Å². The van der Waals surface area contributed by atoms with Crippen LogP contribution in [0, 0.1) is 0 Å². The average Bonchev–Trinajstić information content (AvgIpc) is 3.21. The molecule has 0 amide bonds. The number of carboxylic acids is 1. The van der Waals surface area contributed by atoms with Crippen molar-refractivity contribution in [1.82, 2.24) is 0 Å². The predicted octanol–water partition coefficient (Wildman–Crippen LogP) is 1.72. The Morgan fingerprint density at radius 3 is 2.58 bits per heavy atom. The van der Waals surface area contributed by atoms with E-state index < -0.39 is 11.4 Å². The summed E-state index contributed by atoms with van der Waals surface area (Å²) in [5.41, 5.74) is 0.841. The zero-order valence-corrected chi connectivity index (χ0v) is 10.8. The Bertz CT molecular complexity index is 519. The summed E-state index contributed by atoms with van der Waals surface area (Å²) in [7, 11) is 1.61. The molecule has 1 aromatic carbocycles. The number of rotatable bonds is 4. The summed E-state index contributed by atoms with van der Waals surface area (Å²) in [5.74, 6) is 0.433. The normalized spacial score (nSPS) is 19.0. The van der Waals surface area contributed by atoms with E-state index >= 15 is 0 Å². The lowest BCUT2D eigenvalue weighted by atomic mass is 9.93. The van der Waals surface area contributed by atoms with Gasteiger partial charge in [0.25, 0.3) is 0 Å². The Labute approximate surface area is 111 Å². The van der Waals surface area contributed by atoms with Crippen molar-refractivity contribution < 1.29 is 24.1 Å². The van der Waals surface area contributed by atoms with E-state index in [9.17, 15) is 9.90 Å². The Balaban J connectivity index is 2.09. The molecule has 0 saturated heterocycles. The quantitative estimate of drug-likeness (QED) is 0.897. The Morgan fingerprint density at radius 1 is 1.32 bits per heavy atom. The van der Waals surface area contributed by atoms with Gasteiger partial charge in [-0.3, -0.25) is 4.79 Å². The minimum Gasteiger partial charge on any atom is -0.486 e. The zero-order chi connectivity index (χ0) is 13.5. The van der Waals surface area contributed by atoms with Gasteiger partial charge in [-0.2, -0.15) is 0 Å². The first-order valence-corrected chi connectivity index (χ1v) is 6.33. The monoisotopic (exact) mass is 264 g/mol. The fourth-order valence-electron chi connectivity index (χ4n) is 2.56. The topological polar surface area (TPSA) is 65.0 Å². The van der Waals surface area contributed by atoms with Crippen molar-refractivity contribution >= 4 is 5.97 Å². The molecular formula is C14H16O5. The molecule has 1 saturated carbocycles. The molecule has 0 bridgehead atoms. The molecule has 1 aliphatic heterocycles. The van der Waals surface area contributed by atoms with Crippen molar-refractivity contribution in [1.29, 1.82) is 0 Å². The van der Waals surface area contributed by atoms with Crippen LogP contribution in [-0.4, -0.2) is 31.4 Å². The van der Waals surface area contributed by atoms with Gasteiger partial charge in [0, 0.05) is 18.2 Å². The highest BCUT2D eigenvalue weighted by molar-refractivity contribution is 5.86. The molecule has 2 aliphatic rings. The first-order valence-electron chi connectivity index (χ1n) is 6.33. The van der Waals surface area contributed by atoms with Gasteiger partial charge in [-0.25, -0.2) is 0 Å². The van der Waals surface area contributed by atoms with Crippen LogP contribution >= 0.6 is 0 Å². The Hall–Kier alpha value is -1.75. The molecule has 5 heteroatoms. The molecule has 0 spiro atoms. The zero-order valence-electron chi connectivity index (χ0n) is 10.8. The smallest absolute Gasteiger partial charge is 0.314 e. The Morgan fingerprint density at radius 2 is 2.00 bits per heavy atom. The molecule has 1 aliphatic carbocycles. The van der Waals surface area contributed by atoms with Crippen LogP contribution in [0.2, 0.25) is 0 Å². The standard InChI is InChI=1S/C14H16O5/c1-17-8-9-2-3-10(14(4-5-14)13(15)16)12-11(9)18-6-7-19-12/h2-3H,4-8H2,1H3,(H,15,16). The molecule has 1 aromatic rings. The van der Waals surface area contributed by atoms with E-state index in [1.807, 2.05) is 12.1 Å². The number of carbonyl (C=O) groups is 1. The molecule has 5 nitrogen and oxygen atoms in total. The molecular weight excluding hydrogens is 248 g/mol. The minimum atomic E-state index is -0.789. The van der Waals surface area contributed by atoms with Crippen LogP contribution in [0.5, 0.6) is 11.5 Å². The molecule has 0 atom stereocenters. The van der Waals surface area contributed by atoms with Crippen molar-refractivity contribution in [3.63, 3.8) is 0 Å². The highest BCUT2D eigenvalue weighted by Crippen LogP contribution is 2.54.